The third kappa shape index (κ3) is 6.06. The lowest BCUT2D eigenvalue weighted by atomic mass is 9.95. The summed E-state index contributed by atoms with van der Waals surface area (Å²) in [7, 11) is 0. The van der Waals surface area contributed by atoms with E-state index in [0.29, 0.717) is 17.9 Å². The third-order valence-electron chi connectivity index (χ3n) is 8.19. The van der Waals surface area contributed by atoms with Crippen molar-refractivity contribution >= 4 is 23.2 Å². The van der Waals surface area contributed by atoms with E-state index in [1.165, 1.54) is 56.1 Å². The van der Waals surface area contributed by atoms with Crippen molar-refractivity contribution in [3.8, 4) is 0 Å². The molecule has 0 spiro atoms. The number of nitrogens with zero attached hydrogens (tertiary/aromatic N) is 1. The second-order valence-corrected chi connectivity index (χ2v) is 10.7. The van der Waals surface area contributed by atoms with Crippen molar-refractivity contribution in [1.29, 1.82) is 0 Å². The SMILES string of the molecule is O=C(CCC1CCCC1)Nc1ccc(N2CCc3ccccc3C2)c(C(=O)NC2CCCCC2)c1. The van der Waals surface area contributed by atoms with E-state index >= 15 is 0 Å². The van der Waals surface area contributed by atoms with Crippen LogP contribution in [0.5, 0.6) is 0 Å². The Hall–Kier alpha value is -2.82. The Morgan fingerprint density at radius 2 is 1.63 bits per heavy atom. The Labute approximate surface area is 209 Å². The van der Waals surface area contributed by atoms with E-state index in [1.807, 2.05) is 18.2 Å². The summed E-state index contributed by atoms with van der Waals surface area (Å²) < 4.78 is 0. The lowest BCUT2D eigenvalue weighted by Gasteiger charge is -2.32. The molecule has 5 heteroatoms. The zero-order chi connectivity index (χ0) is 24.0. The first-order valence-corrected chi connectivity index (χ1v) is 13.7. The van der Waals surface area contributed by atoms with Crippen molar-refractivity contribution in [3.63, 3.8) is 0 Å². The first-order chi connectivity index (χ1) is 17.2. The van der Waals surface area contributed by atoms with E-state index in [1.54, 1.807) is 0 Å². The third-order valence-corrected chi connectivity index (χ3v) is 8.19. The van der Waals surface area contributed by atoms with Crippen LogP contribution in [0.4, 0.5) is 11.4 Å². The number of nitrogens with one attached hydrogen (secondary N) is 2. The van der Waals surface area contributed by atoms with Gasteiger partial charge in [0.2, 0.25) is 5.91 Å². The van der Waals surface area contributed by atoms with Gasteiger partial charge in [0.05, 0.1) is 5.56 Å². The Morgan fingerprint density at radius 1 is 0.886 bits per heavy atom. The maximum absolute atomic E-state index is 13.5. The van der Waals surface area contributed by atoms with Crippen LogP contribution in [-0.2, 0) is 17.8 Å². The molecule has 186 valence electrons. The summed E-state index contributed by atoms with van der Waals surface area (Å²) in [6.45, 7) is 1.68. The summed E-state index contributed by atoms with van der Waals surface area (Å²) in [6.07, 6.45) is 13.3. The standard InChI is InChI=1S/C30H39N3O2/c34-29(17-14-22-8-4-5-9-22)31-26-15-16-28(33-19-18-23-10-6-7-11-24(23)21-33)27(20-26)30(35)32-25-12-2-1-3-13-25/h6-7,10-11,15-16,20,22,25H,1-5,8-9,12-14,17-19,21H2,(H,31,34)(H,32,35). The molecule has 3 aliphatic rings. The minimum atomic E-state index is -0.0205. The fraction of sp³-hybridized carbons (Fsp3) is 0.533. The number of carbonyl (C=O) groups excluding carboxylic acids is 2. The first kappa shape index (κ1) is 23.9. The van der Waals surface area contributed by atoms with E-state index in [9.17, 15) is 9.59 Å². The van der Waals surface area contributed by atoms with Crippen molar-refractivity contribution in [3.05, 3.63) is 59.2 Å². The molecule has 0 aromatic heterocycles. The van der Waals surface area contributed by atoms with Crippen LogP contribution >= 0.6 is 0 Å². The Morgan fingerprint density at radius 3 is 2.43 bits per heavy atom. The molecule has 2 amide bonds. The number of carbonyl (C=O) groups is 2. The van der Waals surface area contributed by atoms with E-state index < -0.39 is 0 Å². The largest absolute Gasteiger partial charge is 0.366 e. The number of fused-ring (bicyclic) bond motifs is 1. The number of benzene rings is 2. The van der Waals surface area contributed by atoms with Gasteiger partial charge in [0.25, 0.3) is 5.91 Å². The van der Waals surface area contributed by atoms with E-state index in [0.717, 1.165) is 50.1 Å². The van der Waals surface area contributed by atoms with Gasteiger partial charge in [-0.1, -0.05) is 69.2 Å². The predicted octanol–water partition coefficient (Wildman–Crippen LogP) is 6.22. The molecule has 5 nitrogen and oxygen atoms in total. The number of amides is 2. The zero-order valence-electron chi connectivity index (χ0n) is 20.9. The summed E-state index contributed by atoms with van der Waals surface area (Å²) in [5, 5.41) is 6.37. The van der Waals surface area contributed by atoms with Crippen LogP contribution in [0.25, 0.3) is 0 Å². The fourth-order valence-corrected chi connectivity index (χ4v) is 6.14. The maximum Gasteiger partial charge on any atom is 0.253 e. The Balaban J connectivity index is 1.33. The van der Waals surface area contributed by atoms with Gasteiger partial charge in [-0.2, -0.15) is 0 Å². The summed E-state index contributed by atoms with van der Waals surface area (Å²) in [6, 6.07) is 14.7. The molecule has 0 bridgehead atoms. The van der Waals surface area contributed by atoms with Gasteiger partial charge in [-0.25, -0.2) is 0 Å². The van der Waals surface area contributed by atoms with Gasteiger partial charge in [-0.05, 0) is 60.9 Å². The monoisotopic (exact) mass is 473 g/mol. The topological polar surface area (TPSA) is 61.4 Å². The van der Waals surface area contributed by atoms with Gasteiger partial charge in [-0.15, -0.1) is 0 Å². The summed E-state index contributed by atoms with van der Waals surface area (Å²) >= 11 is 0. The first-order valence-electron chi connectivity index (χ1n) is 13.7. The highest BCUT2D eigenvalue weighted by Crippen LogP contribution is 2.31. The Kier molecular flexibility index (Phi) is 7.70. The van der Waals surface area contributed by atoms with Crippen molar-refractivity contribution in [2.45, 2.75) is 89.6 Å². The smallest absolute Gasteiger partial charge is 0.253 e. The normalized spacial score (nSPS) is 18.8. The molecule has 1 heterocycles. The molecule has 1 aliphatic heterocycles. The number of hydrogen-bond donors (Lipinski definition) is 2. The summed E-state index contributed by atoms with van der Waals surface area (Å²) in [5.41, 5.74) is 5.06. The molecule has 2 aliphatic carbocycles. The van der Waals surface area contributed by atoms with Crippen LogP contribution in [0.15, 0.2) is 42.5 Å². The molecule has 0 radical (unpaired) electrons. The molecule has 2 aromatic rings. The molecule has 0 atom stereocenters. The van der Waals surface area contributed by atoms with Crippen LogP contribution in [0, 0.1) is 5.92 Å². The average molecular weight is 474 g/mol. The van der Waals surface area contributed by atoms with E-state index in [4.69, 9.17) is 0 Å². The second kappa shape index (κ2) is 11.3. The van der Waals surface area contributed by atoms with Gasteiger partial charge >= 0.3 is 0 Å². The highest BCUT2D eigenvalue weighted by atomic mass is 16.2. The number of hydrogen-bond acceptors (Lipinski definition) is 3. The van der Waals surface area contributed by atoms with Crippen LogP contribution in [0.1, 0.15) is 92.1 Å². The van der Waals surface area contributed by atoms with Crippen LogP contribution in [0.3, 0.4) is 0 Å². The van der Waals surface area contributed by atoms with Gasteiger partial charge in [0, 0.05) is 36.9 Å². The molecular formula is C30H39N3O2. The van der Waals surface area contributed by atoms with Gasteiger partial charge in [0.15, 0.2) is 0 Å². The molecule has 35 heavy (non-hydrogen) atoms. The maximum atomic E-state index is 13.5. The van der Waals surface area contributed by atoms with E-state index in [2.05, 4.69) is 39.8 Å². The minimum absolute atomic E-state index is 0.0205. The summed E-state index contributed by atoms with van der Waals surface area (Å²) in [5.74, 6) is 0.727. The number of rotatable bonds is 7. The zero-order valence-corrected chi connectivity index (χ0v) is 20.9. The van der Waals surface area contributed by atoms with Crippen molar-refractivity contribution in [2.75, 3.05) is 16.8 Å². The molecule has 2 fully saturated rings. The average Bonchev–Trinajstić information content (AvgIpc) is 3.42. The second-order valence-electron chi connectivity index (χ2n) is 10.7. The van der Waals surface area contributed by atoms with Crippen molar-refractivity contribution < 1.29 is 9.59 Å². The highest BCUT2D eigenvalue weighted by molar-refractivity contribution is 6.02. The van der Waals surface area contributed by atoms with Crippen LogP contribution in [-0.4, -0.2) is 24.4 Å². The lowest BCUT2D eigenvalue weighted by molar-refractivity contribution is -0.116. The van der Waals surface area contributed by atoms with E-state index in [-0.39, 0.29) is 17.9 Å². The molecule has 2 aromatic carbocycles. The molecular weight excluding hydrogens is 434 g/mol. The van der Waals surface area contributed by atoms with Gasteiger partial charge < -0.3 is 15.5 Å². The van der Waals surface area contributed by atoms with Crippen LogP contribution < -0.4 is 15.5 Å². The molecule has 2 N–H and O–H groups in total. The molecule has 0 saturated heterocycles. The molecule has 5 rings (SSSR count). The van der Waals surface area contributed by atoms with Crippen molar-refractivity contribution in [2.24, 2.45) is 5.92 Å². The fourth-order valence-electron chi connectivity index (χ4n) is 6.14. The number of anilines is 2. The molecule has 2 saturated carbocycles. The Bertz CT molecular complexity index is 1040. The quantitative estimate of drug-likeness (QED) is 0.502. The minimum Gasteiger partial charge on any atom is -0.366 e. The van der Waals surface area contributed by atoms with Gasteiger partial charge in [-0.3, -0.25) is 9.59 Å². The van der Waals surface area contributed by atoms with Crippen molar-refractivity contribution in [1.82, 2.24) is 5.32 Å². The molecule has 0 unspecified atom stereocenters. The van der Waals surface area contributed by atoms with Gasteiger partial charge in [0.1, 0.15) is 0 Å². The predicted molar refractivity (Wildman–Crippen MR) is 142 cm³/mol. The highest BCUT2D eigenvalue weighted by Gasteiger charge is 2.24. The van der Waals surface area contributed by atoms with Crippen LogP contribution in [0.2, 0.25) is 0 Å². The lowest BCUT2D eigenvalue weighted by Crippen LogP contribution is -2.38. The summed E-state index contributed by atoms with van der Waals surface area (Å²) in [4.78, 5) is 28.5.